The van der Waals surface area contributed by atoms with Crippen LogP contribution < -0.4 is 10.6 Å². The summed E-state index contributed by atoms with van der Waals surface area (Å²) in [5.41, 5.74) is 11.0. The lowest BCUT2D eigenvalue weighted by molar-refractivity contribution is 0.613. The van der Waals surface area contributed by atoms with E-state index >= 15 is 0 Å². The maximum atomic E-state index is 13.5. The van der Waals surface area contributed by atoms with Crippen LogP contribution in [0.1, 0.15) is 29.5 Å². The molecule has 114 valence electrons. The maximum Gasteiger partial charge on any atom is 0.123 e. The van der Waals surface area contributed by atoms with Crippen molar-refractivity contribution in [2.24, 2.45) is 5.73 Å². The number of aryl methyl sites for hydroxylation is 1. The molecule has 2 aromatic rings. The lowest BCUT2D eigenvalue weighted by Gasteiger charge is -2.23. The van der Waals surface area contributed by atoms with E-state index in [1.54, 1.807) is 17.4 Å². The summed E-state index contributed by atoms with van der Waals surface area (Å²) in [5, 5.41) is 0. The zero-order valence-corrected chi connectivity index (χ0v) is 13.6. The van der Waals surface area contributed by atoms with Crippen LogP contribution in [-0.4, -0.2) is 18.1 Å². The highest BCUT2D eigenvalue weighted by Gasteiger charge is 2.13. The Balaban J connectivity index is 2.23. The average Bonchev–Trinajstić information content (AvgIpc) is 2.84. The largest absolute Gasteiger partial charge is 0.369 e. The molecule has 5 heteroatoms. The Morgan fingerprint density at radius 1 is 1.43 bits per heavy atom. The van der Waals surface area contributed by atoms with Gasteiger partial charge in [0.25, 0.3) is 0 Å². The first-order valence-corrected chi connectivity index (χ1v) is 8.03. The predicted octanol–water partition coefficient (Wildman–Crippen LogP) is 3.51. The van der Waals surface area contributed by atoms with Crippen molar-refractivity contribution >= 4 is 17.0 Å². The van der Waals surface area contributed by atoms with E-state index in [-0.39, 0.29) is 11.9 Å². The Bertz CT molecular complexity index is 597. The van der Waals surface area contributed by atoms with Crippen LogP contribution in [0, 0.1) is 12.7 Å². The van der Waals surface area contributed by atoms with Crippen molar-refractivity contribution in [2.75, 3.05) is 11.9 Å². The van der Waals surface area contributed by atoms with Gasteiger partial charge in [0, 0.05) is 23.7 Å². The molecule has 0 aliphatic heterocycles. The van der Waals surface area contributed by atoms with Crippen LogP contribution in [0.3, 0.4) is 0 Å². The van der Waals surface area contributed by atoms with Crippen LogP contribution in [-0.2, 0) is 13.0 Å². The predicted molar refractivity (Wildman–Crippen MR) is 87.3 cm³/mol. The lowest BCUT2D eigenvalue weighted by atomic mass is 10.0. The fourth-order valence-electron chi connectivity index (χ4n) is 2.30. The highest BCUT2D eigenvalue weighted by molar-refractivity contribution is 7.09. The van der Waals surface area contributed by atoms with Crippen LogP contribution in [0.15, 0.2) is 23.7 Å². The van der Waals surface area contributed by atoms with Gasteiger partial charge in [0.05, 0.1) is 17.7 Å². The summed E-state index contributed by atoms with van der Waals surface area (Å²) < 4.78 is 13.5. The zero-order chi connectivity index (χ0) is 15.4. The Morgan fingerprint density at radius 3 is 2.81 bits per heavy atom. The molecule has 0 aliphatic rings. The van der Waals surface area contributed by atoms with Crippen LogP contribution in [0.4, 0.5) is 10.1 Å². The normalized spacial score (nSPS) is 12.4. The molecule has 0 saturated carbocycles. The third-order valence-electron chi connectivity index (χ3n) is 3.68. The Labute approximate surface area is 129 Å². The van der Waals surface area contributed by atoms with E-state index in [0.717, 1.165) is 29.9 Å². The quantitative estimate of drug-likeness (QED) is 0.888. The van der Waals surface area contributed by atoms with Crippen LogP contribution in [0.2, 0.25) is 0 Å². The second-order valence-corrected chi connectivity index (χ2v) is 6.30. The second kappa shape index (κ2) is 7.00. The van der Waals surface area contributed by atoms with Gasteiger partial charge in [-0.25, -0.2) is 9.37 Å². The number of benzene rings is 1. The van der Waals surface area contributed by atoms with E-state index in [9.17, 15) is 4.39 Å². The molecule has 1 aromatic heterocycles. The number of rotatable bonds is 6. The van der Waals surface area contributed by atoms with Gasteiger partial charge >= 0.3 is 0 Å². The molecule has 0 fully saturated rings. The van der Waals surface area contributed by atoms with Crippen molar-refractivity contribution < 1.29 is 4.39 Å². The highest BCUT2D eigenvalue weighted by Crippen LogP contribution is 2.25. The van der Waals surface area contributed by atoms with Gasteiger partial charge in [0.2, 0.25) is 0 Å². The number of hydrogen-bond donors (Lipinski definition) is 1. The number of anilines is 1. The summed E-state index contributed by atoms with van der Waals surface area (Å²) >= 11 is 1.65. The topological polar surface area (TPSA) is 42.1 Å². The summed E-state index contributed by atoms with van der Waals surface area (Å²) in [4.78, 5) is 7.64. The van der Waals surface area contributed by atoms with Gasteiger partial charge in [-0.1, -0.05) is 6.92 Å². The monoisotopic (exact) mass is 307 g/mol. The summed E-state index contributed by atoms with van der Waals surface area (Å²) in [5.74, 6) is -0.209. The first kappa shape index (κ1) is 15.9. The third-order valence-corrected chi connectivity index (χ3v) is 4.60. The van der Waals surface area contributed by atoms with Crippen LogP contribution >= 0.6 is 11.3 Å². The molecule has 0 amide bonds. The minimum absolute atomic E-state index is 0.0593. The van der Waals surface area contributed by atoms with E-state index in [0.29, 0.717) is 6.42 Å². The molecule has 1 atom stereocenters. The minimum Gasteiger partial charge on any atom is -0.369 e. The van der Waals surface area contributed by atoms with E-state index in [1.165, 1.54) is 10.9 Å². The highest BCUT2D eigenvalue weighted by atomic mass is 32.1. The summed E-state index contributed by atoms with van der Waals surface area (Å²) in [6.45, 7) is 4.84. The second-order valence-electron chi connectivity index (χ2n) is 5.36. The van der Waals surface area contributed by atoms with E-state index < -0.39 is 0 Å². The molecule has 0 aliphatic carbocycles. The van der Waals surface area contributed by atoms with Gasteiger partial charge in [0.1, 0.15) is 5.82 Å². The van der Waals surface area contributed by atoms with Crippen molar-refractivity contribution in [2.45, 2.75) is 39.3 Å². The van der Waals surface area contributed by atoms with E-state index in [2.05, 4.69) is 9.88 Å². The molecule has 3 nitrogen and oxygen atoms in total. The standard InChI is InChI=1S/C16H22FN3S/c1-4-14(18)8-12-7-13(17)5-6-15(12)20(3)9-16-11(2)19-10-21-16/h5-7,10,14H,4,8-9,18H2,1-3H3. The minimum atomic E-state index is -0.209. The van der Waals surface area contributed by atoms with Crippen molar-refractivity contribution in [3.63, 3.8) is 0 Å². The number of nitrogens with two attached hydrogens (primary N) is 1. The number of nitrogens with zero attached hydrogens (tertiary/aromatic N) is 2. The zero-order valence-electron chi connectivity index (χ0n) is 12.8. The van der Waals surface area contributed by atoms with Crippen molar-refractivity contribution in [1.29, 1.82) is 0 Å². The summed E-state index contributed by atoms with van der Waals surface area (Å²) in [6, 6.07) is 5.00. The van der Waals surface area contributed by atoms with E-state index in [1.807, 2.05) is 32.5 Å². The fraction of sp³-hybridized carbons (Fsp3) is 0.438. The molecule has 1 heterocycles. The van der Waals surface area contributed by atoms with Crippen LogP contribution in [0.25, 0.3) is 0 Å². The molecule has 0 radical (unpaired) electrons. The van der Waals surface area contributed by atoms with Crippen molar-refractivity contribution in [3.8, 4) is 0 Å². The van der Waals surface area contributed by atoms with Gasteiger partial charge in [-0.3, -0.25) is 0 Å². The van der Waals surface area contributed by atoms with Gasteiger partial charge in [-0.15, -0.1) is 11.3 Å². The number of aromatic nitrogens is 1. The van der Waals surface area contributed by atoms with Gasteiger partial charge in [0.15, 0.2) is 0 Å². The number of hydrogen-bond acceptors (Lipinski definition) is 4. The molecule has 0 bridgehead atoms. The van der Waals surface area contributed by atoms with Crippen molar-refractivity contribution in [1.82, 2.24) is 4.98 Å². The van der Waals surface area contributed by atoms with Crippen LogP contribution in [0.5, 0.6) is 0 Å². The molecule has 21 heavy (non-hydrogen) atoms. The number of thiazole rings is 1. The summed E-state index contributed by atoms with van der Waals surface area (Å²) in [6.07, 6.45) is 1.57. The lowest BCUT2D eigenvalue weighted by Crippen LogP contribution is -2.24. The Kier molecular flexibility index (Phi) is 5.31. The molecule has 0 saturated heterocycles. The average molecular weight is 307 g/mol. The molecular weight excluding hydrogens is 285 g/mol. The molecule has 0 spiro atoms. The van der Waals surface area contributed by atoms with E-state index in [4.69, 9.17) is 5.73 Å². The summed E-state index contributed by atoms with van der Waals surface area (Å²) in [7, 11) is 2.02. The smallest absolute Gasteiger partial charge is 0.123 e. The Hall–Kier alpha value is -1.46. The first-order chi connectivity index (χ1) is 10.0. The number of halogens is 1. The van der Waals surface area contributed by atoms with Crippen molar-refractivity contribution in [3.05, 3.63) is 45.7 Å². The first-order valence-electron chi connectivity index (χ1n) is 7.15. The fourth-order valence-corrected chi connectivity index (χ4v) is 3.12. The molecular formula is C16H22FN3S. The van der Waals surface area contributed by atoms with Gasteiger partial charge < -0.3 is 10.6 Å². The molecule has 1 unspecified atom stereocenters. The molecule has 2 rings (SSSR count). The molecule has 2 N–H and O–H groups in total. The SMILES string of the molecule is CCC(N)Cc1cc(F)ccc1N(C)Cc1scnc1C. The van der Waals surface area contributed by atoms with Gasteiger partial charge in [-0.2, -0.15) is 0 Å². The third kappa shape index (κ3) is 4.02. The Morgan fingerprint density at radius 2 is 2.19 bits per heavy atom. The maximum absolute atomic E-state index is 13.5. The molecule has 1 aromatic carbocycles. The van der Waals surface area contributed by atoms with Gasteiger partial charge in [-0.05, 0) is 43.5 Å².